The minimum atomic E-state index is -0.898. The van der Waals surface area contributed by atoms with Crippen molar-refractivity contribution in [1.82, 2.24) is 20.0 Å². The molecule has 2 amide bonds. The molecule has 2 aromatic carbocycles. The van der Waals surface area contributed by atoms with Gasteiger partial charge in [-0.3, -0.25) is 9.69 Å². The van der Waals surface area contributed by atoms with Gasteiger partial charge in [0.1, 0.15) is 24.2 Å². The van der Waals surface area contributed by atoms with Gasteiger partial charge in [-0.25, -0.2) is 9.18 Å². The van der Waals surface area contributed by atoms with Gasteiger partial charge in [-0.2, -0.15) is 9.78 Å². The number of halogens is 1. The van der Waals surface area contributed by atoms with Crippen molar-refractivity contribution in [3.05, 3.63) is 77.4 Å². The maximum Gasteiger partial charge on any atom is 0.342 e. The van der Waals surface area contributed by atoms with Gasteiger partial charge in [0.25, 0.3) is 5.91 Å². The Hall–Kier alpha value is -4.16. The summed E-state index contributed by atoms with van der Waals surface area (Å²) < 4.78 is 20.5. The molecule has 37 heavy (non-hydrogen) atoms. The fourth-order valence-electron chi connectivity index (χ4n) is 4.53. The Morgan fingerprint density at radius 1 is 1.19 bits per heavy atom. The lowest BCUT2D eigenvalue weighted by atomic mass is 10.1. The van der Waals surface area contributed by atoms with Crippen LogP contribution in [0.3, 0.4) is 0 Å². The summed E-state index contributed by atoms with van der Waals surface area (Å²) in [4.78, 5) is 29.8. The first-order chi connectivity index (χ1) is 18.0. The van der Waals surface area contributed by atoms with E-state index in [1.54, 1.807) is 37.6 Å². The summed E-state index contributed by atoms with van der Waals surface area (Å²) in [6, 6.07) is 10.3. The Labute approximate surface area is 215 Å². The van der Waals surface area contributed by atoms with Gasteiger partial charge >= 0.3 is 6.03 Å². The van der Waals surface area contributed by atoms with Crippen LogP contribution in [0.15, 0.2) is 54.9 Å². The molecule has 0 spiro atoms. The van der Waals surface area contributed by atoms with Gasteiger partial charge < -0.3 is 15.0 Å². The lowest BCUT2D eigenvalue weighted by Crippen LogP contribution is -2.50. The van der Waals surface area contributed by atoms with Crippen molar-refractivity contribution in [1.29, 1.82) is 0 Å². The number of nitrogens with one attached hydrogen (secondary N) is 1. The predicted molar refractivity (Wildman–Crippen MR) is 137 cm³/mol. The van der Waals surface area contributed by atoms with Crippen LogP contribution in [0, 0.1) is 17.7 Å². The molecule has 9 heteroatoms. The maximum atomic E-state index is 13.5. The van der Waals surface area contributed by atoms with E-state index in [2.05, 4.69) is 27.2 Å². The monoisotopic (exact) mass is 501 g/mol. The summed E-state index contributed by atoms with van der Waals surface area (Å²) >= 11 is 0. The standard InChI is InChI=1S/C28H28FN5O3/c1-32-25-16-20(7-5-13-33-11-2-3-12-33)9-10-26(25)37-19-24(27(32)35)31-28(36)34-18-22(17-30-34)14-21-6-4-8-23(29)15-21/h4,6,8-10,15-18,24H,2-3,11-14,19H2,1H3,(H,31,36)/t24-/m0/s1. The fraction of sp³-hybridized carbons (Fsp3) is 0.321. The molecule has 1 saturated heterocycles. The Balaban J connectivity index is 1.23. The van der Waals surface area contributed by atoms with Gasteiger partial charge in [0, 0.05) is 25.2 Å². The van der Waals surface area contributed by atoms with Crippen LogP contribution in [0.1, 0.15) is 29.5 Å². The average molecular weight is 502 g/mol. The van der Waals surface area contributed by atoms with Crippen LogP contribution in [0.4, 0.5) is 14.9 Å². The first-order valence-corrected chi connectivity index (χ1v) is 12.3. The molecular formula is C28H28FN5O3. The third-order valence-corrected chi connectivity index (χ3v) is 6.53. The van der Waals surface area contributed by atoms with E-state index in [-0.39, 0.29) is 18.3 Å². The Morgan fingerprint density at radius 3 is 2.84 bits per heavy atom. The zero-order chi connectivity index (χ0) is 25.8. The molecule has 1 N–H and O–H groups in total. The van der Waals surface area contributed by atoms with Crippen molar-refractivity contribution < 1.29 is 18.7 Å². The number of amides is 2. The van der Waals surface area contributed by atoms with Gasteiger partial charge in [0.05, 0.1) is 18.4 Å². The number of likely N-dealkylation sites (N-methyl/N-ethyl adjacent to an activating group) is 1. The number of fused-ring (bicyclic) bond motifs is 1. The number of benzene rings is 2. The Bertz CT molecular complexity index is 1370. The third-order valence-electron chi connectivity index (χ3n) is 6.53. The molecule has 0 saturated carbocycles. The van der Waals surface area contributed by atoms with Crippen LogP contribution >= 0.6 is 0 Å². The van der Waals surface area contributed by atoms with Crippen LogP contribution in [0.2, 0.25) is 0 Å². The third kappa shape index (κ3) is 5.81. The van der Waals surface area contributed by atoms with Crippen LogP contribution in [-0.4, -0.2) is 65.9 Å². The molecule has 1 fully saturated rings. The van der Waals surface area contributed by atoms with Gasteiger partial charge in [-0.05, 0) is 67.4 Å². The second-order valence-corrected chi connectivity index (χ2v) is 9.28. The molecule has 0 aliphatic carbocycles. The molecule has 1 aromatic heterocycles. The number of carbonyl (C=O) groups excluding carboxylic acids is 2. The zero-order valence-electron chi connectivity index (χ0n) is 20.6. The minimum absolute atomic E-state index is 0.0146. The smallest absolute Gasteiger partial charge is 0.342 e. The quantitative estimate of drug-likeness (QED) is 0.556. The molecule has 0 radical (unpaired) electrons. The van der Waals surface area contributed by atoms with E-state index in [1.165, 1.54) is 29.9 Å². The van der Waals surface area contributed by atoms with E-state index in [4.69, 9.17) is 4.74 Å². The molecule has 8 nitrogen and oxygen atoms in total. The number of carbonyl (C=O) groups is 2. The summed E-state index contributed by atoms with van der Waals surface area (Å²) in [5.41, 5.74) is 2.91. The van der Waals surface area contributed by atoms with Crippen molar-refractivity contribution in [2.24, 2.45) is 0 Å². The second-order valence-electron chi connectivity index (χ2n) is 9.28. The highest BCUT2D eigenvalue weighted by Gasteiger charge is 2.31. The van der Waals surface area contributed by atoms with Crippen molar-refractivity contribution >= 4 is 17.6 Å². The molecule has 0 bridgehead atoms. The summed E-state index contributed by atoms with van der Waals surface area (Å²) in [7, 11) is 1.65. The minimum Gasteiger partial charge on any atom is -0.489 e. The Morgan fingerprint density at radius 2 is 2.03 bits per heavy atom. The van der Waals surface area contributed by atoms with E-state index < -0.39 is 12.1 Å². The second kappa shape index (κ2) is 10.8. The number of nitrogens with zero attached hydrogens (tertiary/aromatic N) is 4. The molecule has 3 aromatic rings. The number of anilines is 1. The molecule has 3 heterocycles. The molecule has 2 aliphatic rings. The van der Waals surface area contributed by atoms with Crippen molar-refractivity contribution in [2.45, 2.75) is 25.3 Å². The van der Waals surface area contributed by atoms with Crippen LogP contribution in [-0.2, 0) is 11.2 Å². The average Bonchev–Trinajstić information content (AvgIpc) is 3.56. The van der Waals surface area contributed by atoms with Gasteiger partial charge in [-0.15, -0.1) is 0 Å². The van der Waals surface area contributed by atoms with E-state index >= 15 is 0 Å². The maximum absolute atomic E-state index is 13.5. The number of likely N-dealkylation sites (tertiary alicyclic amines) is 1. The van der Waals surface area contributed by atoms with Crippen LogP contribution in [0.5, 0.6) is 5.75 Å². The number of hydrogen-bond acceptors (Lipinski definition) is 5. The van der Waals surface area contributed by atoms with Gasteiger partial charge in [0.15, 0.2) is 0 Å². The fourth-order valence-corrected chi connectivity index (χ4v) is 4.53. The molecule has 190 valence electrons. The lowest BCUT2D eigenvalue weighted by molar-refractivity contribution is -0.120. The number of aromatic nitrogens is 2. The first-order valence-electron chi connectivity index (χ1n) is 12.3. The highest BCUT2D eigenvalue weighted by molar-refractivity contribution is 6.00. The highest BCUT2D eigenvalue weighted by Crippen LogP contribution is 2.31. The molecule has 1 atom stereocenters. The number of hydrogen-bond donors (Lipinski definition) is 1. The highest BCUT2D eigenvalue weighted by atomic mass is 19.1. The van der Waals surface area contributed by atoms with Crippen molar-refractivity contribution in [2.75, 3.05) is 38.2 Å². The lowest BCUT2D eigenvalue weighted by Gasteiger charge is -2.20. The van der Waals surface area contributed by atoms with Crippen molar-refractivity contribution in [3.63, 3.8) is 0 Å². The van der Waals surface area contributed by atoms with E-state index in [1.807, 2.05) is 12.1 Å². The topological polar surface area (TPSA) is 79.7 Å². The zero-order valence-corrected chi connectivity index (χ0v) is 20.6. The van der Waals surface area contributed by atoms with E-state index in [9.17, 15) is 14.0 Å². The molecule has 2 aliphatic heterocycles. The van der Waals surface area contributed by atoms with E-state index in [0.717, 1.165) is 41.0 Å². The van der Waals surface area contributed by atoms with E-state index in [0.29, 0.717) is 17.9 Å². The number of rotatable bonds is 4. The van der Waals surface area contributed by atoms with Crippen LogP contribution < -0.4 is 15.0 Å². The summed E-state index contributed by atoms with van der Waals surface area (Å²) in [5.74, 6) is 6.32. The predicted octanol–water partition coefficient (Wildman–Crippen LogP) is 3.04. The van der Waals surface area contributed by atoms with Crippen molar-refractivity contribution in [3.8, 4) is 17.6 Å². The molecule has 5 rings (SSSR count). The summed E-state index contributed by atoms with van der Waals surface area (Å²) in [5, 5.41) is 6.81. The van der Waals surface area contributed by atoms with Gasteiger partial charge in [-0.1, -0.05) is 24.0 Å². The SMILES string of the molecule is CN1C(=O)[C@@H](NC(=O)n2cc(Cc3cccc(F)c3)cn2)COc2ccc(C#CCN3CCCC3)cc21. The Kier molecular flexibility index (Phi) is 7.19. The van der Waals surface area contributed by atoms with Gasteiger partial charge in [0.2, 0.25) is 0 Å². The first kappa shape index (κ1) is 24.5. The normalized spacial score (nSPS) is 17.4. The molecular weight excluding hydrogens is 473 g/mol. The summed E-state index contributed by atoms with van der Waals surface area (Å²) in [6.45, 7) is 2.89. The molecule has 0 unspecified atom stereocenters. The summed E-state index contributed by atoms with van der Waals surface area (Å²) in [6.07, 6.45) is 5.98. The van der Waals surface area contributed by atoms with Crippen LogP contribution in [0.25, 0.3) is 0 Å². The number of ether oxygens (including phenoxy) is 1. The largest absolute Gasteiger partial charge is 0.489 e.